The summed E-state index contributed by atoms with van der Waals surface area (Å²) in [5.74, 6) is 0. The predicted octanol–water partition coefficient (Wildman–Crippen LogP) is 7.25. The van der Waals surface area contributed by atoms with Crippen LogP contribution < -0.4 is 0 Å². The lowest BCUT2D eigenvalue weighted by Gasteiger charge is -2.39. The Hall–Kier alpha value is -1.98. The molecule has 0 atom stereocenters. The molecular formula is C21H22F6. The van der Waals surface area contributed by atoms with Crippen molar-refractivity contribution in [3.05, 3.63) is 71.9 Å². The van der Waals surface area contributed by atoms with Crippen LogP contribution in [0, 0.1) is 16.2 Å². The van der Waals surface area contributed by atoms with Gasteiger partial charge < -0.3 is 0 Å². The van der Waals surface area contributed by atoms with E-state index in [2.05, 4.69) is 0 Å². The number of alkyl halides is 6. The third kappa shape index (κ3) is 3.99. The first kappa shape index (κ1) is 21.3. The van der Waals surface area contributed by atoms with Crippen molar-refractivity contribution in [1.29, 1.82) is 0 Å². The van der Waals surface area contributed by atoms with Crippen molar-refractivity contribution in [2.75, 3.05) is 0 Å². The average Bonchev–Trinajstić information content (AvgIpc) is 2.73. The zero-order valence-corrected chi connectivity index (χ0v) is 15.5. The quantitative estimate of drug-likeness (QED) is 0.437. The Morgan fingerprint density at radius 1 is 0.593 bits per heavy atom. The van der Waals surface area contributed by atoms with Gasteiger partial charge in [0.25, 0.3) is 0 Å². The highest BCUT2D eigenvalue weighted by atomic mass is 19.4. The van der Waals surface area contributed by atoms with E-state index in [0.29, 0.717) is 0 Å². The van der Waals surface area contributed by atoms with Crippen LogP contribution in [0.1, 0.15) is 27.7 Å². The van der Waals surface area contributed by atoms with Gasteiger partial charge in [0.05, 0.1) is 0 Å². The summed E-state index contributed by atoms with van der Waals surface area (Å²) in [5.41, 5.74) is -7.14. The second-order valence-electron chi connectivity index (χ2n) is 8.02. The molecule has 0 aliphatic heterocycles. The fourth-order valence-corrected chi connectivity index (χ4v) is 3.11. The van der Waals surface area contributed by atoms with Crippen LogP contribution in [-0.2, 0) is 0 Å². The van der Waals surface area contributed by atoms with Crippen LogP contribution in [0.25, 0.3) is 0 Å². The maximum absolute atomic E-state index is 14.2. The molecule has 0 bridgehead atoms. The van der Waals surface area contributed by atoms with Gasteiger partial charge in [0.15, 0.2) is 0 Å². The van der Waals surface area contributed by atoms with Gasteiger partial charge in [-0.1, -0.05) is 88.5 Å². The van der Waals surface area contributed by atoms with Gasteiger partial charge in [-0.2, -0.15) is 26.3 Å². The van der Waals surface area contributed by atoms with E-state index in [9.17, 15) is 26.3 Å². The minimum atomic E-state index is -5.58. The van der Waals surface area contributed by atoms with Crippen LogP contribution in [0.3, 0.4) is 0 Å². The molecule has 2 aliphatic carbocycles. The summed E-state index contributed by atoms with van der Waals surface area (Å²) in [7, 11) is 0. The lowest BCUT2D eigenvalue weighted by molar-refractivity contribution is -0.308. The van der Waals surface area contributed by atoms with Gasteiger partial charge in [-0.15, -0.1) is 0 Å². The van der Waals surface area contributed by atoms with Crippen LogP contribution in [0.15, 0.2) is 71.9 Å². The van der Waals surface area contributed by atoms with E-state index < -0.39 is 39.7 Å². The van der Waals surface area contributed by atoms with Gasteiger partial charge in [-0.3, -0.25) is 0 Å². The molecule has 0 saturated heterocycles. The third-order valence-electron chi connectivity index (χ3n) is 4.70. The Balaban J connectivity index is 2.83. The lowest BCUT2D eigenvalue weighted by atomic mass is 9.71. The molecule has 2 rings (SSSR count). The first-order valence-electron chi connectivity index (χ1n) is 8.44. The van der Waals surface area contributed by atoms with E-state index >= 15 is 0 Å². The molecule has 0 unspecified atom stereocenters. The van der Waals surface area contributed by atoms with Gasteiger partial charge >= 0.3 is 12.4 Å². The predicted molar refractivity (Wildman–Crippen MR) is 94.8 cm³/mol. The Bertz CT molecular complexity index is 695. The molecule has 0 N–H and O–H groups in total. The number of hydrogen-bond acceptors (Lipinski definition) is 0. The van der Waals surface area contributed by atoms with E-state index in [1.54, 1.807) is 39.8 Å². The van der Waals surface area contributed by atoms with E-state index in [4.69, 9.17) is 0 Å². The van der Waals surface area contributed by atoms with Crippen molar-refractivity contribution >= 4 is 0 Å². The monoisotopic (exact) mass is 388 g/mol. The number of halogens is 6. The summed E-state index contributed by atoms with van der Waals surface area (Å²) in [6.45, 7) is 6.82. The summed E-state index contributed by atoms with van der Waals surface area (Å²) >= 11 is 0. The minimum absolute atomic E-state index is 0.656. The van der Waals surface area contributed by atoms with Crippen molar-refractivity contribution in [3.63, 3.8) is 0 Å². The second-order valence-corrected chi connectivity index (χ2v) is 8.02. The summed E-state index contributed by atoms with van der Waals surface area (Å²) in [6.07, 6.45) is 0.870. The molecule has 0 aromatic heterocycles. The highest BCUT2D eigenvalue weighted by Gasteiger charge is 2.73. The fourth-order valence-electron chi connectivity index (χ4n) is 3.11. The normalized spacial score (nSPS) is 22.1. The van der Waals surface area contributed by atoms with Crippen molar-refractivity contribution in [2.24, 2.45) is 16.2 Å². The highest BCUT2D eigenvalue weighted by molar-refractivity contribution is 5.50. The molecule has 6 heteroatoms. The first-order chi connectivity index (χ1) is 12.1. The van der Waals surface area contributed by atoms with Crippen molar-refractivity contribution in [2.45, 2.75) is 40.0 Å². The molecule has 0 spiro atoms. The molecule has 0 saturated carbocycles. The highest BCUT2D eigenvalue weighted by Crippen LogP contribution is 2.60. The molecule has 0 radical (unpaired) electrons. The van der Waals surface area contributed by atoms with Gasteiger partial charge in [-0.05, 0) is 11.1 Å². The Kier molecular flexibility index (Phi) is 5.19. The van der Waals surface area contributed by atoms with Crippen molar-refractivity contribution < 1.29 is 26.3 Å². The number of allylic oxidation sites excluding steroid dienone is 12. The molecule has 0 aromatic carbocycles. The zero-order chi connectivity index (χ0) is 20.7. The summed E-state index contributed by atoms with van der Waals surface area (Å²) < 4.78 is 85.0. The summed E-state index contributed by atoms with van der Waals surface area (Å²) in [4.78, 5) is 0. The topological polar surface area (TPSA) is 0 Å². The van der Waals surface area contributed by atoms with Crippen LogP contribution in [0.4, 0.5) is 26.3 Å². The van der Waals surface area contributed by atoms with Gasteiger partial charge in [0.2, 0.25) is 5.41 Å². The van der Waals surface area contributed by atoms with Crippen LogP contribution >= 0.6 is 0 Å². The SMILES string of the molecule is CC1(C)C=CC=C(C(C2=CC=CC(C)(C)C=C2)(C(F)(F)F)C(F)(F)F)C=C1. The van der Waals surface area contributed by atoms with Gasteiger partial charge in [0.1, 0.15) is 0 Å². The summed E-state index contributed by atoms with van der Waals surface area (Å²) in [6, 6.07) is 0. The molecule has 27 heavy (non-hydrogen) atoms. The third-order valence-corrected chi connectivity index (χ3v) is 4.70. The summed E-state index contributed by atoms with van der Waals surface area (Å²) in [5, 5.41) is 0. The molecule has 0 nitrogen and oxygen atoms in total. The fraction of sp³-hybridized carbons (Fsp3) is 0.429. The number of rotatable bonds is 2. The van der Waals surface area contributed by atoms with E-state index in [0.717, 1.165) is 24.3 Å². The van der Waals surface area contributed by atoms with E-state index in [1.165, 1.54) is 24.3 Å². The zero-order valence-electron chi connectivity index (χ0n) is 15.5. The molecule has 148 valence electrons. The smallest absolute Gasteiger partial charge is 0.169 e. The maximum Gasteiger partial charge on any atom is 0.411 e. The molecule has 0 aromatic rings. The van der Waals surface area contributed by atoms with Crippen LogP contribution in [-0.4, -0.2) is 12.4 Å². The van der Waals surface area contributed by atoms with Gasteiger partial charge in [0, 0.05) is 10.8 Å². The Labute approximate surface area is 155 Å². The molecule has 0 fully saturated rings. The van der Waals surface area contributed by atoms with Crippen LogP contribution in [0.5, 0.6) is 0 Å². The molecule has 2 aliphatic rings. The first-order valence-corrected chi connectivity index (χ1v) is 8.44. The molecule has 0 amide bonds. The van der Waals surface area contributed by atoms with Crippen molar-refractivity contribution in [3.8, 4) is 0 Å². The standard InChI is InChI=1S/C21H22F6/c1-17(2)11-5-7-15(9-13-17)19(20(22,23)24,21(25,26)27)16-8-6-12-18(3,4)14-10-16/h5-14H,1-4H3. The van der Waals surface area contributed by atoms with E-state index in [-0.39, 0.29) is 0 Å². The second kappa shape index (κ2) is 6.57. The maximum atomic E-state index is 14.2. The minimum Gasteiger partial charge on any atom is -0.169 e. The van der Waals surface area contributed by atoms with Crippen molar-refractivity contribution in [1.82, 2.24) is 0 Å². The van der Waals surface area contributed by atoms with Gasteiger partial charge in [-0.25, -0.2) is 0 Å². The lowest BCUT2D eigenvalue weighted by Crippen LogP contribution is -2.52. The number of hydrogen-bond donors (Lipinski definition) is 0. The Morgan fingerprint density at radius 2 is 0.926 bits per heavy atom. The van der Waals surface area contributed by atoms with E-state index in [1.807, 2.05) is 0 Å². The Morgan fingerprint density at radius 3 is 1.22 bits per heavy atom. The largest absolute Gasteiger partial charge is 0.411 e. The molecular weight excluding hydrogens is 366 g/mol. The molecule has 0 heterocycles. The average molecular weight is 388 g/mol. The van der Waals surface area contributed by atoms with Crippen LogP contribution in [0.2, 0.25) is 0 Å².